The Kier molecular flexibility index (Phi) is 5.97. The third kappa shape index (κ3) is 4.59. The zero-order chi connectivity index (χ0) is 19.2. The number of halogens is 1. The average Bonchev–Trinajstić information content (AvgIpc) is 3.14. The molecule has 0 saturated carbocycles. The maximum absolute atomic E-state index is 12.1. The molecule has 1 aliphatic rings. The second-order valence-corrected chi connectivity index (χ2v) is 5.84. The van der Waals surface area contributed by atoms with Crippen molar-refractivity contribution >= 4 is 23.3 Å². The van der Waals surface area contributed by atoms with Gasteiger partial charge in [-0.15, -0.1) is 0 Å². The van der Waals surface area contributed by atoms with Crippen LogP contribution < -0.4 is 34.3 Å². The average molecular weight is 395 g/mol. The van der Waals surface area contributed by atoms with Gasteiger partial charge in [0.2, 0.25) is 6.79 Å². The summed E-state index contributed by atoms with van der Waals surface area (Å²) in [6.07, 6.45) is 0. The number of hydrogen-bond acceptors (Lipinski definition) is 6. The number of methoxy groups -OCH3 is 2. The summed E-state index contributed by atoms with van der Waals surface area (Å²) >= 11 is 6.05. The molecule has 8 nitrogen and oxygen atoms in total. The number of amides is 2. The maximum atomic E-state index is 12.1. The van der Waals surface area contributed by atoms with E-state index in [9.17, 15) is 4.79 Å². The third-order valence-electron chi connectivity index (χ3n) is 3.72. The van der Waals surface area contributed by atoms with Gasteiger partial charge in [0.25, 0.3) is 0 Å². The molecular weight excluding hydrogens is 376 g/mol. The number of fused-ring (bicyclic) bond motifs is 1. The molecule has 0 fully saturated rings. The summed E-state index contributed by atoms with van der Waals surface area (Å²) < 4.78 is 26.5. The van der Waals surface area contributed by atoms with Gasteiger partial charge in [-0.3, -0.25) is 0 Å². The van der Waals surface area contributed by atoms with Crippen LogP contribution >= 0.6 is 11.6 Å². The number of rotatable bonds is 7. The first-order chi connectivity index (χ1) is 13.1. The van der Waals surface area contributed by atoms with Crippen molar-refractivity contribution in [3.05, 3.63) is 35.4 Å². The van der Waals surface area contributed by atoms with E-state index in [0.717, 1.165) is 0 Å². The van der Waals surface area contributed by atoms with E-state index in [1.54, 1.807) is 30.3 Å². The van der Waals surface area contributed by atoms with Gasteiger partial charge in [-0.1, -0.05) is 11.6 Å². The molecule has 2 N–H and O–H groups in total. The van der Waals surface area contributed by atoms with Crippen molar-refractivity contribution in [1.82, 2.24) is 5.32 Å². The topological polar surface area (TPSA) is 87.3 Å². The van der Waals surface area contributed by atoms with Crippen LogP contribution in [0.2, 0.25) is 5.02 Å². The Morgan fingerprint density at radius 2 is 1.89 bits per heavy atom. The lowest BCUT2D eigenvalue weighted by atomic mass is 10.2. The molecule has 9 heteroatoms. The summed E-state index contributed by atoms with van der Waals surface area (Å²) in [5.41, 5.74) is 0.438. The Morgan fingerprint density at radius 1 is 1.11 bits per heavy atom. The quantitative estimate of drug-likeness (QED) is 0.701. The molecule has 1 aliphatic heterocycles. The standard InChI is InChI=1S/C18H19ClN2O6/c1-23-15-9-13(16(24-2)8-12(15)19)21-18(22)20-5-6-25-11-3-4-14-17(7-11)27-10-26-14/h3-4,7-9H,5-6,10H2,1-2H3,(H2,20,21,22). The number of carbonyl (C=O) groups is 1. The van der Waals surface area contributed by atoms with Gasteiger partial charge in [-0.25, -0.2) is 4.79 Å². The van der Waals surface area contributed by atoms with Crippen LogP contribution in [0.1, 0.15) is 0 Å². The smallest absolute Gasteiger partial charge is 0.319 e. The fourth-order valence-electron chi connectivity index (χ4n) is 2.42. The minimum Gasteiger partial charge on any atom is -0.495 e. The van der Waals surface area contributed by atoms with E-state index in [1.165, 1.54) is 14.2 Å². The Labute approximate surface area is 161 Å². The van der Waals surface area contributed by atoms with E-state index in [2.05, 4.69) is 10.6 Å². The fourth-order valence-corrected chi connectivity index (χ4v) is 2.66. The van der Waals surface area contributed by atoms with E-state index >= 15 is 0 Å². The molecule has 0 saturated heterocycles. The molecule has 2 aromatic rings. The van der Waals surface area contributed by atoms with Crippen LogP contribution in [0.4, 0.5) is 10.5 Å². The van der Waals surface area contributed by atoms with Crippen molar-refractivity contribution in [2.75, 3.05) is 39.5 Å². The predicted molar refractivity (Wildman–Crippen MR) is 99.6 cm³/mol. The first-order valence-electron chi connectivity index (χ1n) is 8.09. The molecule has 0 atom stereocenters. The Balaban J connectivity index is 1.48. The van der Waals surface area contributed by atoms with Gasteiger partial charge in [0, 0.05) is 18.2 Å². The zero-order valence-corrected chi connectivity index (χ0v) is 15.6. The molecule has 27 heavy (non-hydrogen) atoms. The number of urea groups is 1. The number of benzene rings is 2. The summed E-state index contributed by atoms with van der Waals surface area (Å²) in [5, 5.41) is 5.77. The first-order valence-corrected chi connectivity index (χ1v) is 8.47. The van der Waals surface area contributed by atoms with E-state index in [-0.39, 0.29) is 13.4 Å². The molecule has 3 rings (SSSR count). The highest BCUT2D eigenvalue weighted by Gasteiger charge is 2.14. The van der Waals surface area contributed by atoms with Crippen LogP contribution in [0, 0.1) is 0 Å². The summed E-state index contributed by atoms with van der Waals surface area (Å²) in [7, 11) is 2.98. The van der Waals surface area contributed by atoms with Crippen LogP contribution in [0.5, 0.6) is 28.7 Å². The summed E-state index contributed by atoms with van der Waals surface area (Å²) in [6, 6.07) is 8.04. The molecule has 0 spiro atoms. The van der Waals surface area contributed by atoms with Crippen molar-refractivity contribution in [1.29, 1.82) is 0 Å². The number of nitrogens with one attached hydrogen (secondary N) is 2. The van der Waals surface area contributed by atoms with Crippen molar-refractivity contribution in [3.63, 3.8) is 0 Å². The van der Waals surface area contributed by atoms with E-state index in [1.807, 2.05) is 0 Å². The third-order valence-corrected chi connectivity index (χ3v) is 4.02. The van der Waals surface area contributed by atoms with Gasteiger partial charge < -0.3 is 34.3 Å². The molecule has 2 amide bonds. The SMILES string of the molecule is COc1cc(NC(=O)NCCOc2ccc3c(c2)OCO3)c(OC)cc1Cl. The van der Waals surface area contributed by atoms with Crippen molar-refractivity contribution in [2.45, 2.75) is 0 Å². The number of hydrogen-bond donors (Lipinski definition) is 2. The van der Waals surface area contributed by atoms with Gasteiger partial charge >= 0.3 is 6.03 Å². The highest BCUT2D eigenvalue weighted by atomic mass is 35.5. The van der Waals surface area contributed by atoms with Crippen molar-refractivity contribution in [2.24, 2.45) is 0 Å². The van der Waals surface area contributed by atoms with Gasteiger partial charge in [0.15, 0.2) is 11.5 Å². The van der Waals surface area contributed by atoms with Crippen LogP contribution in [0.25, 0.3) is 0 Å². The number of ether oxygens (including phenoxy) is 5. The molecule has 0 radical (unpaired) electrons. The fraction of sp³-hybridized carbons (Fsp3) is 0.278. The lowest BCUT2D eigenvalue weighted by Gasteiger charge is -2.14. The minimum absolute atomic E-state index is 0.208. The lowest BCUT2D eigenvalue weighted by molar-refractivity contribution is 0.173. The monoisotopic (exact) mass is 394 g/mol. The van der Waals surface area contributed by atoms with Crippen molar-refractivity contribution < 1.29 is 28.5 Å². The minimum atomic E-state index is -0.410. The summed E-state index contributed by atoms with van der Waals surface area (Å²) in [4.78, 5) is 12.1. The highest BCUT2D eigenvalue weighted by molar-refractivity contribution is 6.32. The molecule has 144 valence electrons. The Morgan fingerprint density at radius 3 is 2.67 bits per heavy atom. The molecule has 0 aliphatic carbocycles. The predicted octanol–water partition coefficient (Wildman–Crippen LogP) is 3.29. The Bertz CT molecular complexity index is 830. The highest BCUT2D eigenvalue weighted by Crippen LogP contribution is 2.36. The summed E-state index contributed by atoms with van der Waals surface area (Å²) in [5.74, 6) is 2.81. The van der Waals surface area contributed by atoms with Crippen LogP contribution in [0.3, 0.4) is 0 Å². The molecule has 0 aromatic heterocycles. The second kappa shape index (κ2) is 8.59. The van der Waals surface area contributed by atoms with E-state index in [4.69, 9.17) is 35.3 Å². The first kappa shape index (κ1) is 18.8. The number of anilines is 1. The largest absolute Gasteiger partial charge is 0.495 e. The zero-order valence-electron chi connectivity index (χ0n) is 14.8. The van der Waals surface area contributed by atoms with Crippen molar-refractivity contribution in [3.8, 4) is 28.7 Å². The van der Waals surface area contributed by atoms with Crippen LogP contribution in [-0.2, 0) is 0 Å². The second-order valence-electron chi connectivity index (χ2n) is 5.43. The molecular formula is C18H19ClN2O6. The van der Waals surface area contributed by atoms with Gasteiger partial charge in [0.05, 0.1) is 31.5 Å². The Hall–Kier alpha value is -3.00. The van der Waals surface area contributed by atoms with Gasteiger partial charge in [-0.2, -0.15) is 0 Å². The van der Waals surface area contributed by atoms with Gasteiger partial charge in [-0.05, 0) is 12.1 Å². The summed E-state index contributed by atoms with van der Waals surface area (Å²) in [6.45, 7) is 0.793. The van der Waals surface area contributed by atoms with Gasteiger partial charge in [0.1, 0.15) is 23.9 Å². The lowest BCUT2D eigenvalue weighted by Crippen LogP contribution is -2.32. The van der Waals surface area contributed by atoms with E-state index < -0.39 is 6.03 Å². The normalized spacial score (nSPS) is 11.7. The molecule has 0 unspecified atom stereocenters. The molecule has 1 heterocycles. The maximum Gasteiger partial charge on any atom is 0.319 e. The molecule has 2 aromatic carbocycles. The van der Waals surface area contributed by atoms with E-state index in [0.29, 0.717) is 46.0 Å². The van der Waals surface area contributed by atoms with Crippen LogP contribution in [-0.4, -0.2) is 40.2 Å². The molecule has 0 bridgehead atoms. The van der Waals surface area contributed by atoms with Crippen LogP contribution in [0.15, 0.2) is 30.3 Å². The number of carbonyl (C=O) groups excluding carboxylic acids is 1.